The Hall–Kier alpha value is -3.52. The molecule has 0 aliphatic carbocycles. The standard InChI is InChI=1S/C24H25N5O2S/c1-18(2)28(20-11-5-4-6-12-20)22-23(30)29(27-14-7-8-15-27)24(26-25-22)32-17-19-10-9-13-21(16-19)31-3/h4-16,18H,17H2,1-3H3. The van der Waals surface area contributed by atoms with Crippen molar-refractivity contribution in [2.45, 2.75) is 30.8 Å². The Bertz CT molecular complexity index is 1220. The minimum absolute atomic E-state index is 0.0211. The molecule has 2 aromatic carbocycles. The molecule has 164 valence electrons. The van der Waals surface area contributed by atoms with E-state index in [4.69, 9.17) is 4.74 Å². The lowest BCUT2D eigenvalue weighted by atomic mass is 10.2. The van der Waals surface area contributed by atoms with Crippen LogP contribution in [0.1, 0.15) is 19.4 Å². The Morgan fingerprint density at radius 3 is 2.44 bits per heavy atom. The van der Waals surface area contributed by atoms with E-state index in [1.54, 1.807) is 16.5 Å². The van der Waals surface area contributed by atoms with Crippen molar-refractivity contribution in [3.05, 3.63) is 95.0 Å². The average Bonchev–Trinajstić information content (AvgIpc) is 3.34. The summed E-state index contributed by atoms with van der Waals surface area (Å²) < 4.78 is 8.61. The number of benzene rings is 2. The largest absolute Gasteiger partial charge is 0.497 e. The molecule has 0 aliphatic heterocycles. The van der Waals surface area contributed by atoms with Crippen molar-refractivity contribution in [3.8, 4) is 5.75 Å². The number of thioether (sulfide) groups is 1. The fourth-order valence-electron chi connectivity index (χ4n) is 3.42. The molecule has 2 heterocycles. The molecule has 0 aliphatic rings. The van der Waals surface area contributed by atoms with Crippen molar-refractivity contribution in [1.29, 1.82) is 0 Å². The Morgan fingerprint density at radius 1 is 1.00 bits per heavy atom. The fraction of sp³-hybridized carbons (Fsp3) is 0.208. The number of rotatable bonds is 8. The number of ether oxygens (including phenoxy) is 1. The van der Waals surface area contributed by atoms with Gasteiger partial charge in [-0.3, -0.25) is 9.47 Å². The SMILES string of the molecule is COc1cccc(CSc2nnc(N(c3ccccc3)C(C)C)c(=O)n2-n2cccc2)c1. The number of aromatic nitrogens is 4. The fourth-order valence-corrected chi connectivity index (χ4v) is 4.30. The van der Waals surface area contributed by atoms with Gasteiger partial charge in [-0.2, -0.15) is 4.68 Å². The predicted molar refractivity (Wildman–Crippen MR) is 128 cm³/mol. The summed E-state index contributed by atoms with van der Waals surface area (Å²) in [5, 5.41) is 9.35. The van der Waals surface area contributed by atoms with Crippen LogP contribution < -0.4 is 15.2 Å². The second-order valence-electron chi connectivity index (χ2n) is 7.43. The van der Waals surface area contributed by atoms with Crippen LogP contribution >= 0.6 is 11.8 Å². The van der Waals surface area contributed by atoms with Crippen LogP contribution in [-0.2, 0) is 5.75 Å². The van der Waals surface area contributed by atoms with Crippen LogP contribution in [0.2, 0.25) is 0 Å². The summed E-state index contributed by atoms with van der Waals surface area (Å²) in [7, 11) is 1.65. The minimum Gasteiger partial charge on any atom is -0.497 e. The topological polar surface area (TPSA) is 65.2 Å². The maximum absolute atomic E-state index is 13.7. The number of para-hydroxylation sites is 1. The first-order chi connectivity index (χ1) is 15.6. The summed E-state index contributed by atoms with van der Waals surface area (Å²) in [6, 6.07) is 21.4. The van der Waals surface area contributed by atoms with Crippen LogP contribution in [0.25, 0.3) is 0 Å². The molecule has 0 fully saturated rings. The molecule has 0 amide bonds. The molecule has 32 heavy (non-hydrogen) atoms. The van der Waals surface area contributed by atoms with Gasteiger partial charge in [-0.1, -0.05) is 42.1 Å². The normalized spacial score (nSPS) is 11.0. The van der Waals surface area contributed by atoms with E-state index in [1.807, 2.05) is 97.9 Å². The minimum atomic E-state index is -0.234. The van der Waals surface area contributed by atoms with Gasteiger partial charge in [0.25, 0.3) is 0 Å². The van der Waals surface area contributed by atoms with Gasteiger partial charge in [0.05, 0.1) is 7.11 Å². The highest BCUT2D eigenvalue weighted by molar-refractivity contribution is 7.98. The maximum Gasteiger partial charge on any atom is 0.317 e. The Morgan fingerprint density at radius 2 is 1.75 bits per heavy atom. The van der Waals surface area contributed by atoms with Crippen LogP contribution in [0.3, 0.4) is 0 Å². The lowest BCUT2D eigenvalue weighted by molar-refractivity contribution is 0.414. The van der Waals surface area contributed by atoms with Crippen LogP contribution in [-0.4, -0.2) is 32.7 Å². The number of nitrogens with zero attached hydrogens (tertiary/aromatic N) is 5. The van der Waals surface area contributed by atoms with E-state index >= 15 is 0 Å². The van der Waals surface area contributed by atoms with Gasteiger partial charge < -0.3 is 9.64 Å². The van der Waals surface area contributed by atoms with Gasteiger partial charge in [0.15, 0.2) is 0 Å². The molecular formula is C24H25N5O2S. The van der Waals surface area contributed by atoms with Gasteiger partial charge in [0, 0.05) is 29.9 Å². The zero-order valence-electron chi connectivity index (χ0n) is 18.3. The van der Waals surface area contributed by atoms with Crippen LogP contribution in [0.15, 0.2) is 89.1 Å². The summed E-state index contributed by atoms with van der Waals surface area (Å²) >= 11 is 1.45. The van der Waals surface area contributed by atoms with Crippen molar-refractivity contribution in [2.75, 3.05) is 12.0 Å². The third kappa shape index (κ3) is 4.55. The second kappa shape index (κ2) is 9.74. The molecule has 0 radical (unpaired) electrons. The molecule has 7 nitrogen and oxygen atoms in total. The number of hydrogen-bond acceptors (Lipinski definition) is 6. The lowest BCUT2D eigenvalue weighted by Gasteiger charge is -2.27. The third-order valence-corrected chi connectivity index (χ3v) is 5.89. The van der Waals surface area contributed by atoms with Crippen LogP contribution in [0.5, 0.6) is 5.75 Å². The monoisotopic (exact) mass is 447 g/mol. The van der Waals surface area contributed by atoms with Crippen molar-refractivity contribution in [2.24, 2.45) is 0 Å². The van der Waals surface area contributed by atoms with Gasteiger partial charge in [-0.25, -0.2) is 0 Å². The first kappa shape index (κ1) is 21.7. The van der Waals surface area contributed by atoms with Crippen LogP contribution in [0, 0.1) is 0 Å². The quantitative estimate of drug-likeness (QED) is 0.368. The Balaban J connectivity index is 1.75. The van der Waals surface area contributed by atoms with Gasteiger partial charge >= 0.3 is 5.56 Å². The molecule has 4 rings (SSSR count). The summed E-state index contributed by atoms with van der Waals surface area (Å²) in [5.41, 5.74) is 1.73. The molecule has 2 aromatic heterocycles. The summed E-state index contributed by atoms with van der Waals surface area (Å²) in [5.74, 6) is 1.70. The molecule has 8 heteroatoms. The van der Waals surface area contributed by atoms with E-state index in [2.05, 4.69) is 10.2 Å². The highest BCUT2D eigenvalue weighted by atomic mass is 32.2. The molecule has 0 N–H and O–H groups in total. The van der Waals surface area contributed by atoms with E-state index in [-0.39, 0.29) is 17.4 Å². The van der Waals surface area contributed by atoms with Crippen LogP contribution in [0.4, 0.5) is 11.5 Å². The number of methoxy groups -OCH3 is 1. The smallest absolute Gasteiger partial charge is 0.317 e. The van der Waals surface area contributed by atoms with Crippen molar-refractivity contribution in [1.82, 2.24) is 19.5 Å². The van der Waals surface area contributed by atoms with Crippen molar-refractivity contribution >= 4 is 23.3 Å². The second-order valence-corrected chi connectivity index (χ2v) is 8.37. The lowest BCUT2D eigenvalue weighted by Crippen LogP contribution is -2.37. The van der Waals surface area contributed by atoms with E-state index in [0.717, 1.165) is 17.0 Å². The molecule has 0 atom stereocenters. The van der Waals surface area contributed by atoms with Crippen molar-refractivity contribution in [3.63, 3.8) is 0 Å². The molecule has 0 saturated carbocycles. The van der Waals surface area contributed by atoms with Gasteiger partial charge in [0.2, 0.25) is 11.0 Å². The van der Waals surface area contributed by atoms with Gasteiger partial charge in [0.1, 0.15) is 5.75 Å². The summed E-state index contributed by atoms with van der Waals surface area (Å²) in [6.07, 6.45) is 3.65. The average molecular weight is 448 g/mol. The highest BCUT2D eigenvalue weighted by Gasteiger charge is 2.22. The first-order valence-electron chi connectivity index (χ1n) is 10.3. The molecule has 0 saturated heterocycles. The van der Waals surface area contributed by atoms with Gasteiger partial charge in [-0.05, 0) is 55.8 Å². The summed E-state index contributed by atoms with van der Waals surface area (Å²) in [6.45, 7) is 4.05. The molecule has 0 unspecified atom stereocenters. The maximum atomic E-state index is 13.7. The van der Waals surface area contributed by atoms with Gasteiger partial charge in [-0.15, -0.1) is 10.2 Å². The molecule has 0 bridgehead atoms. The summed E-state index contributed by atoms with van der Waals surface area (Å²) in [4.78, 5) is 15.6. The Labute approximate surface area is 191 Å². The zero-order valence-corrected chi connectivity index (χ0v) is 19.1. The zero-order chi connectivity index (χ0) is 22.5. The van der Waals surface area contributed by atoms with E-state index in [9.17, 15) is 4.79 Å². The molecular weight excluding hydrogens is 422 g/mol. The molecule has 4 aromatic rings. The number of anilines is 2. The Kier molecular flexibility index (Phi) is 6.61. The number of hydrogen-bond donors (Lipinski definition) is 0. The van der Waals surface area contributed by atoms with E-state index < -0.39 is 0 Å². The molecule has 0 spiro atoms. The third-order valence-electron chi connectivity index (χ3n) is 4.90. The predicted octanol–water partition coefficient (Wildman–Crippen LogP) is 4.60. The highest BCUT2D eigenvalue weighted by Crippen LogP contribution is 2.26. The first-order valence-corrected chi connectivity index (χ1v) is 11.3. The van der Waals surface area contributed by atoms with Crippen molar-refractivity contribution < 1.29 is 4.74 Å². The van der Waals surface area contributed by atoms with E-state index in [0.29, 0.717) is 10.9 Å². The van der Waals surface area contributed by atoms with E-state index in [1.165, 1.54) is 11.8 Å².